The average molecular weight is 342 g/mol. The van der Waals surface area contributed by atoms with Crippen molar-refractivity contribution in [2.24, 2.45) is 0 Å². The average Bonchev–Trinajstić information content (AvgIpc) is 3.12. The molecule has 25 heavy (non-hydrogen) atoms. The summed E-state index contributed by atoms with van der Waals surface area (Å²) in [5, 5.41) is 15.7. The van der Waals surface area contributed by atoms with Crippen molar-refractivity contribution < 1.29 is 17.9 Å². The van der Waals surface area contributed by atoms with Gasteiger partial charge in [-0.25, -0.2) is 0 Å². The molecule has 0 unspecified atom stereocenters. The van der Waals surface area contributed by atoms with Gasteiger partial charge in [0.15, 0.2) is 0 Å². The first-order valence-electron chi connectivity index (χ1n) is 7.32. The first-order valence-corrected chi connectivity index (χ1v) is 7.32. The van der Waals surface area contributed by atoms with Crippen LogP contribution in [0.5, 0.6) is 5.75 Å². The van der Waals surface area contributed by atoms with E-state index in [4.69, 9.17) is 14.4 Å². The Morgan fingerprint density at radius 2 is 2.00 bits per heavy atom. The van der Waals surface area contributed by atoms with E-state index < -0.39 is 12.3 Å². The molecule has 2 aromatic heterocycles. The van der Waals surface area contributed by atoms with Gasteiger partial charge in [-0.2, -0.15) is 14.0 Å². The topological polar surface area (TPSA) is 84.8 Å². The fourth-order valence-electron chi connectivity index (χ4n) is 2.10. The van der Waals surface area contributed by atoms with E-state index in [1.54, 1.807) is 18.2 Å². The molecule has 8 heteroatoms. The van der Waals surface area contributed by atoms with Crippen LogP contribution in [-0.2, 0) is 13.0 Å². The van der Waals surface area contributed by atoms with Gasteiger partial charge < -0.3 is 9.15 Å². The van der Waals surface area contributed by atoms with Gasteiger partial charge in [-0.05, 0) is 18.2 Å². The van der Waals surface area contributed by atoms with Gasteiger partial charge in [-0.3, -0.25) is 4.98 Å². The van der Waals surface area contributed by atoms with Crippen LogP contribution in [0.4, 0.5) is 8.78 Å². The lowest BCUT2D eigenvalue weighted by molar-refractivity contribution is 0.116. The van der Waals surface area contributed by atoms with E-state index in [-0.39, 0.29) is 18.9 Å². The number of alkyl halides is 2. The van der Waals surface area contributed by atoms with E-state index >= 15 is 0 Å². The largest absolute Gasteiger partial charge is 0.487 e. The number of nitrogens with zero attached hydrogens (tertiary/aromatic N) is 4. The summed E-state index contributed by atoms with van der Waals surface area (Å²) in [6.45, 7) is 0.203. The number of pyridine rings is 1. The number of para-hydroxylation sites is 1. The van der Waals surface area contributed by atoms with Gasteiger partial charge in [0.2, 0.25) is 5.89 Å². The number of rotatable bonds is 6. The predicted octanol–water partition coefficient (Wildman–Crippen LogP) is 3.71. The SMILES string of the molecule is N#CCc1ccccc1OCc1ccc(-c2nnc(C(F)F)o2)cn1. The maximum Gasteiger partial charge on any atom is 0.314 e. The monoisotopic (exact) mass is 342 g/mol. The van der Waals surface area contributed by atoms with E-state index in [0.29, 0.717) is 17.0 Å². The van der Waals surface area contributed by atoms with Crippen molar-refractivity contribution >= 4 is 0 Å². The Morgan fingerprint density at radius 3 is 2.68 bits per heavy atom. The molecule has 126 valence electrons. The van der Waals surface area contributed by atoms with Crippen LogP contribution in [0.25, 0.3) is 11.5 Å². The highest BCUT2D eigenvalue weighted by Crippen LogP contribution is 2.23. The van der Waals surface area contributed by atoms with E-state index in [1.807, 2.05) is 18.2 Å². The lowest BCUT2D eigenvalue weighted by Gasteiger charge is -2.09. The second-order valence-corrected chi connectivity index (χ2v) is 5.02. The van der Waals surface area contributed by atoms with Gasteiger partial charge in [0, 0.05) is 11.8 Å². The maximum atomic E-state index is 12.5. The first kappa shape index (κ1) is 16.5. The second-order valence-electron chi connectivity index (χ2n) is 5.02. The highest BCUT2D eigenvalue weighted by Gasteiger charge is 2.17. The molecular weight excluding hydrogens is 330 g/mol. The minimum Gasteiger partial charge on any atom is -0.487 e. The molecule has 0 saturated carbocycles. The number of aromatic nitrogens is 3. The zero-order chi connectivity index (χ0) is 17.6. The molecule has 0 atom stereocenters. The molecular formula is C17H12F2N4O2. The van der Waals surface area contributed by atoms with Crippen molar-refractivity contribution in [3.8, 4) is 23.3 Å². The smallest absolute Gasteiger partial charge is 0.314 e. The summed E-state index contributed by atoms with van der Waals surface area (Å²) in [5.41, 5.74) is 1.86. The van der Waals surface area contributed by atoms with Crippen LogP contribution in [0.2, 0.25) is 0 Å². The number of benzene rings is 1. The van der Waals surface area contributed by atoms with E-state index in [1.165, 1.54) is 6.20 Å². The zero-order valence-corrected chi connectivity index (χ0v) is 12.9. The van der Waals surface area contributed by atoms with Gasteiger partial charge in [-0.15, -0.1) is 10.2 Å². The Kier molecular flexibility index (Phi) is 4.95. The summed E-state index contributed by atoms with van der Waals surface area (Å²) in [7, 11) is 0. The molecule has 0 aliphatic carbocycles. The number of nitriles is 1. The van der Waals surface area contributed by atoms with Crippen LogP contribution in [0.3, 0.4) is 0 Å². The molecule has 3 rings (SSSR count). The lowest BCUT2D eigenvalue weighted by atomic mass is 10.1. The molecule has 0 fully saturated rings. The van der Waals surface area contributed by atoms with E-state index in [9.17, 15) is 8.78 Å². The third kappa shape index (κ3) is 3.95. The van der Waals surface area contributed by atoms with Gasteiger partial charge in [0.05, 0.1) is 23.7 Å². The minimum absolute atomic E-state index is 0.0189. The standard InChI is InChI=1S/C17H12F2N4O2/c18-15(19)17-23-22-16(25-17)12-5-6-13(21-9-12)10-24-14-4-2-1-3-11(14)7-8-20/h1-6,9,15H,7,10H2. The second kappa shape index (κ2) is 7.49. The number of hydrogen-bond acceptors (Lipinski definition) is 6. The Labute approximate surface area is 141 Å². The van der Waals surface area contributed by atoms with Crippen LogP contribution < -0.4 is 4.74 Å². The van der Waals surface area contributed by atoms with Crippen molar-refractivity contribution in [2.45, 2.75) is 19.5 Å². The number of halogens is 2. The summed E-state index contributed by atoms with van der Waals surface area (Å²) >= 11 is 0. The van der Waals surface area contributed by atoms with Crippen LogP contribution in [-0.4, -0.2) is 15.2 Å². The van der Waals surface area contributed by atoms with Crippen LogP contribution in [0, 0.1) is 11.3 Å². The molecule has 0 N–H and O–H groups in total. The Morgan fingerprint density at radius 1 is 1.16 bits per heavy atom. The van der Waals surface area contributed by atoms with Crippen LogP contribution in [0.1, 0.15) is 23.6 Å². The Bertz CT molecular complexity index is 888. The third-order valence-electron chi connectivity index (χ3n) is 3.32. The highest BCUT2D eigenvalue weighted by atomic mass is 19.3. The molecule has 3 aromatic rings. The lowest BCUT2D eigenvalue weighted by Crippen LogP contribution is -2.00. The molecule has 0 bridgehead atoms. The van der Waals surface area contributed by atoms with E-state index in [2.05, 4.69) is 21.3 Å². The van der Waals surface area contributed by atoms with Crippen molar-refractivity contribution in [1.29, 1.82) is 5.26 Å². The van der Waals surface area contributed by atoms with Crippen molar-refractivity contribution in [1.82, 2.24) is 15.2 Å². The summed E-state index contributed by atoms with van der Waals surface area (Å²) < 4.78 is 35.5. The third-order valence-corrected chi connectivity index (χ3v) is 3.32. The van der Waals surface area contributed by atoms with Crippen molar-refractivity contribution in [3.63, 3.8) is 0 Å². The first-order chi connectivity index (χ1) is 12.2. The highest BCUT2D eigenvalue weighted by molar-refractivity contribution is 5.50. The number of ether oxygens (including phenoxy) is 1. The van der Waals surface area contributed by atoms with Gasteiger partial charge in [0.25, 0.3) is 5.89 Å². The molecule has 0 amide bonds. The summed E-state index contributed by atoms with van der Waals surface area (Å²) in [6, 6.07) is 12.7. The van der Waals surface area contributed by atoms with Crippen molar-refractivity contribution in [3.05, 3.63) is 59.7 Å². The molecule has 0 aliphatic heterocycles. The molecule has 6 nitrogen and oxygen atoms in total. The molecule has 0 spiro atoms. The summed E-state index contributed by atoms with van der Waals surface area (Å²) in [5.74, 6) is -0.125. The minimum atomic E-state index is -2.81. The summed E-state index contributed by atoms with van der Waals surface area (Å²) in [6.07, 6.45) is -1.11. The van der Waals surface area contributed by atoms with Crippen LogP contribution in [0.15, 0.2) is 47.0 Å². The predicted molar refractivity (Wildman–Crippen MR) is 82.6 cm³/mol. The molecule has 0 saturated heterocycles. The fourth-order valence-corrected chi connectivity index (χ4v) is 2.10. The summed E-state index contributed by atoms with van der Waals surface area (Å²) in [4.78, 5) is 4.19. The quantitative estimate of drug-likeness (QED) is 0.679. The van der Waals surface area contributed by atoms with Crippen molar-refractivity contribution in [2.75, 3.05) is 0 Å². The van der Waals surface area contributed by atoms with E-state index in [0.717, 1.165) is 5.56 Å². The molecule has 2 heterocycles. The van der Waals surface area contributed by atoms with Gasteiger partial charge >= 0.3 is 6.43 Å². The van der Waals surface area contributed by atoms with Gasteiger partial charge in [-0.1, -0.05) is 18.2 Å². The Balaban J connectivity index is 1.68. The normalized spacial score (nSPS) is 10.6. The fraction of sp³-hybridized carbons (Fsp3) is 0.176. The molecule has 0 aliphatic rings. The number of hydrogen-bond donors (Lipinski definition) is 0. The van der Waals surface area contributed by atoms with Gasteiger partial charge in [0.1, 0.15) is 12.4 Å². The Hall–Kier alpha value is -3.34. The molecule has 0 radical (unpaired) electrons. The zero-order valence-electron chi connectivity index (χ0n) is 12.9. The van der Waals surface area contributed by atoms with Crippen LogP contribution >= 0.6 is 0 Å². The maximum absolute atomic E-state index is 12.5. The molecule has 1 aromatic carbocycles.